The number of fused-ring (bicyclic) bond motifs is 1. The Balaban J connectivity index is 1.52. The normalized spacial score (nSPS) is 12.3. The molecule has 3 aromatic rings. The van der Waals surface area contributed by atoms with Crippen molar-refractivity contribution in [2.24, 2.45) is 0 Å². The Morgan fingerprint density at radius 1 is 1.10 bits per heavy atom. The quantitative estimate of drug-likeness (QED) is 0.503. The van der Waals surface area contributed by atoms with Gasteiger partial charge < -0.3 is 20.1 Å². The maximum absolute atomic E-state index is 13.2. The third kappa shape index (κ3) is 4.44. The molecule has 4 rings (SSSR count). The Bertz CT molecular complexity index is 1030. The van der Waals surface area contributed by atoms with Crippen molar-refractivity contribution in [1.29, 1.82) is 0 Å². The minimum atomic E-state index is -0.0632. The summed E-state index contributed by atoms with van der Waals surface area (Å²) in [6, 6.07) is 15.5. The number of nitrogens with one attached hydrogen (secondary N) is 2. The summed E-state index contributed by atoms with van der Waals surface area (Å²) in [6.45, 7) is 3.21. The van der Waals surface area contributed by atoms with Crippen molar-refractivity contribution >= 4 is 27.9 Å². The molecule has 2 N–H and O–H groups in total. The third-order valence-electron chi connectivity index (χ3n) is 5.16. The van der Waals surface area contributed by atoms with Gasteiger partial charge in [0.1, 0.15) is 16.5 Å². The fourth-order valence-electron chi connectivity index (χ4n) is 3.73. The molecule has 1 heterocycles. The van der Waals surface area contributed by atoms with Gasteiger partial charge in [0.15, 0.2) is 0 Å². The first-order valence-electron chi connectivity index (χ1n) is 10.2. The summed E-state index contributed by atoms with van der Waals surface area (Å²) in [7, 11) is 1.67. The van der Waals surface area contributed by atoms with Gasteiger partial charge in [-0.05, 0) is 73.7 Å². The summed E-state index contributed by atoms with van der Waals surface area (Å²) < 4.78 is 10.8. The monoisotopic (exact) mass is 422 g/mol. The van der Waals surface area contributed by atoms with Crippen LogP contribution in [0.4, 0.5) is 10.7 Å². The Hall–Kier alpha value is -2.99. The molecule has 2 aromatic carbocycles. The van der Waals surface area contributed by atoms with Gasteiger partial charge in [-0.3, -0.25) is 4.79 Å². The zero-order chi connectivity index (χ0) is 20.9. The molecule has 0 saturated carbocycles. The minimum Gasteiger partial charge on any atom is -0.497 e. The van der Waals surface area contributed by atoms with E-state index in [-0.39, 0.29) is 5.91 Å². The van der Waals surface area contributed by atoms with E-state index in [1.54, 1.807) is 18.4 Å². The summed E-state index contributed by atoms with van der Waals surface area (Å²) in [5.74, 6) is 1.57. The SMILES string of the molecule is CCOc1ccc(NC(=O)c2c(NCc3cccc(OC)c3)sc3c2CCC3)cc1. The molecule has 0 radical (unpaired) electrons. The van der Waals surface area contributed by atoms with Crippen molar-refractivity contribution in [1.82, 2.24) is 0 Å². The van der Waals surface area contributed by atoms with Crippen LogP contribution in [-0.4, -0.2) is 19.6 Å². The number of hydrogen-bond donors (Lipinski definition) is 2. The standard InChI is InChI=1S/C24H26N2O3S/c1-3-29-18-12-10-17(11-13-18)26-23(27)22-20-8-5-9-21(20)30-24(22)25-15-16-6-4-7-19(14-16)28-2/h4,6-7,10-14,25H,3,5,8-9,15H2,1-2H3,(H,26,27). The number of carbonyl (C=O) groups is 1. The first-order chi connectivity index (χ1) is 14.7. The van der Waals surface area contributed by atoms with Gasteiger partial charge in [0, 0.05) is 17.1 Å². The lowest BCUT2D eigenvalue weighted by atomic mass is 10.1. The van der Waals surface area contributed by atoms with E-state index in [0.29, 0.717) is 13.2 Å². The van der Waals surface area contributed by atoms with Gasteiger partial charge in [-0.15, -0.1) is 11.3 Å². The molecule has 1 amide bonds. The van der Waals surface area contributed by atoms with Gasteiger partial charge in [-0.2, -0.15) is 0 Å². The number of carbonyl (C=O) groups excluding carboxylic acids is 1. The van der Waals surface area contributed by atoms with Crippen LogP contribution in [0.15, 0.2) is 48.5 Å². The molecule has 156 valence electrons. The Morgan fingerprint density at radius 2 is 1.93 bits per heavy atom. The highest BCUT2D eigenvalue weighted by atomic mass is 32.1. The predicted molar refractivity (Wildman–Crippen MR) is 122 cm³/mol. The summed E-state index contributed by atoms with van der Waals surface area (Å²) in [6.07, 6.45) is 3.11. The van der Waals surface area contributed by atoms with E-state index >= 15 is 0 Å². The van der Waals surface area contributed by atoms with Crippen LogP contribution in [0.25, 0.3) is 0 Å². The van der Waals surface area contributed by atoms with Crippen molar-refractivity contribution < 1.29 is 14.3 Å². The maximum Gasteiger partial charge on any atom is 0.258 e. The molecular formula is C24H26N2O3S. The molecule has 0 unspecified atom stereocenters. The number of amides is 1. The van der Waals surface area contributed by atoms with E-state index < -0.39 is 0 Å². The number of benzene rings is 2. The van der Waals surface area contributed by atoms with Crippen molar-refractivity contribution in [2.45, 2.75) is 32.7 Å². The number of ether oxygens (including phenoxy) is 2. The van der Waals surface area contributed by atoms with Crippen LogP contribution in [0.2, 0.25) is 0 Å². The number of thiophene rings is 1. The molecule has 0 saturated heterocycles. The molecule has 5 nitrogen and oxygen atoms in total. The van der Waals surface area contributed by atoms with Crippen LogP contribution >= 0.6 is 11.3 Å². The smallest absolute Gasteiger partial charge is 0.258 e. The third-order valence-corrected chi connectivity index (χ3v) is 6.41. The molecule has 1 aliphatic rings. The number of rotatable bonds is 8. The van der Waals surface area contributed by atoms with Crippen LogP contribution in [0.3, 0.4) is 0 Å². The molecule has 6 heteroatoms. The van der Waals surface area contributed by atoms with Gasteiger partial charge >= 0.3 is 0 Å². The maximum atomic E-state index is 13.2. The summed E-state index contributed by atoms with van der Waals surface area (Å²) in [5, 5.41) is 7.47. The topological polar surface area (TPSA) is 59.6 Å². The summed E-state index contributed by atoms with van der Waals surface area (Å²) in [4.78, 5) is 14.5. The van der Waals surface area contributed by atoms with E-state index in [4.69, 9.17) is 9.47 Å². The van der Waals surface area contributed by atoms with Gasteiger partial charge in [0.05, 0.1) is 19.3 Å². The zero-order valence-corrected chi connectivity index (χ0v) is 18.1. The summed E-state index contributed by atoms with van der Waals surface area (Å²) >= 11 is 1.70. The fourth-order valence-corrected chi connectivity index (χ4v) is 5.01. The van der Waals surface area contributed by atoms with Crippen LogP contribution in [0, 0.1) is 0 Å². The van der Waals surface area contributed by atoms with Crippen molar-refractivity contribution in [2.75, 3.05) is 24.4 Å². The van der Waals surface area contributed by atoms with Gasteiger partial charge in [0.2, 0.25) is 0 Å². The number of hydrogen-bond acceptors (Lipinski definition) is 5. The van der Waals surface area contributed by atoms with E-state index in [0.717, 1.165) is 52.6 Å². The number of aryl methyl sites for hydroxylation is 1. The molecule has 0 aliphatic heterocycles. The fraction of sp³-hybridized carbons (Fsp3) is 0.292. The second-order valence-corrected chi connectivity index (χ2v) is 8.28. The highest BCUT2D eigenvalue weighted by Gasteiger charge is 2.26. The lowest BCUT2D eigenvalue weighted by Gasteiger charge is -2.11. The van der Waals surface area contributed by atoms with Crippen LogP contribution in [0.5, 0.6) is 11.5 Å². The molecule has 0 spiro atoms. The van der Waals surface area contributed by atoms with Crippen molar-refractivity contribution in [3.05, 3.63) is 70.1 Å². The Labute approximate surface area is 181 Å². The average Bonchev–Trinajstić information content (AvgIpc) is 3.35. The highest BCUT2D eigenvalue weighted by molar-refractivity contribution is 7.16. The van der Waals surface area contributed by atoms with E-state index in [1.165, 1.54) is 10.4 Å². The molecule has 0 fully saturated rings. The summed E-state index contributed by atoms with van der Waals surface area (Å²) in [5.41, 5.74) is 3.85. The predicted octanol–water partition coefficient (Wildman–Crippen LogP) is 5.51. The molecule has 0 bridgehead atoms. The van der Waals surface area contributed by atoms with Gasteiger partial charge in [-0.25, -0.2) is 0 Å². The van der Waals surface area contributed by atoms with Crippen LogP contribution in [-0.2, 0) is 19.4 Å². The molecule has 1 aromatic heterocycles. The Morgan fingerprint density at radius 3 is 2.70 bits per heavy atom. The van der Waals surface area contributed by atoms with E-state index in [1.807, 2.05) is 49.4 Å². The number of methoxy groups -OCH3 is 1. The molecular weight excluding hydrogens is 396 g/mol. The van der Waals surface area contributed by atoms with Crippen molar-refractivity contribution in [3.63, 3.8) is 0 Å². The largest absolute Gasteiger partial charge is 0.497 e. The molecule has 1 aliphatic carbocycles. The van der Waals surface area contributed by atoms with Crippen LogP contribution in [0.1, 0.15) is 39.7 Å². The van der Waals surface area contributed by atoms with Gasteiger partial charge in [-0.1, -0.05) is 12.1 Å². The molecule has 30 heavy (non-hydrogen) atoms. The highest BCUT2D eigenvalue weighted by Crippen LogP contribution is 2.39. The second kappa shape index (κ2) is 9.22. The lowest BCUT2D eigenvalue weighted by Crippen LogP contribution is -2.15. The first-order valence-corrected chi connectivity index (χ1v) is 11.0. The van der Waals surface area contributed by atoms with Crippen molar-refractivity contribution in [3.8, 4) is 11.5 Å². The van der Waals surface area contributed by atoms with E-state index in [2.05, 4.69) is 16.7 Å². The molecule has 0 atom stereocenters. The average molecular weight is 423 g/mol. The number of anilines is 2. The lowest BCUT2D eigenvalue weighted by molar-refractivity contribution is 0.102. The minimum absolute atomic E-state index is 0.0632. The van der Waals surface area contributed by atoms with E-state index in [9.17, 15) is 4.79 Å². The second-order valence-electron chi connectivity index (χ2n) is 7.18. The first kappa shape index (κ1) is 20.3. The van der Waals surface area contributed by atoms with Crippen LogP contribution < -0.4 is 20.1 Å². The Kier molecular flexibility index (Phi) is 6.23. The zero-order valence-electron chi connectivity index (χ0n) is 17.3. The van der Waals surface area contributed by atoms with Gasteiger partial charge in [0.25, 0.3) is 5.91 Å².